The van der Waals surface area contributed by atoms with Gasteiger partial charge in [0.25, 0.3) is 0 Å². The van der Waals surface area contributed by atoms with Crippen LogP contribution in [0.5, 0.6) is 0 Å². The molecule has 16 heavy (non-hydrogen) atoms. The molecule has 1 heterocycles. The van der Waals surface area contributed by atoms with E-state index in [2.05, 4.69) is 18.0 Å². The zero-order valence-electron chi connectivity index (χ0n) is 10.4. The second-order valence-corrected chi connectivity index (χ2v) is 5.05. The van der Waals surface area contributed by atoms with Crippen LogP contribution in [0, 0.1) is 19.7 Å². The van der Waals surface area contributed by atoms with Crippen LogP contribution in [0.15, 0.2) is 12.1 Å². The Morgan fingerprint density at radius 2 is 1.81 bits per heavy atom. The van der Waals surface area contributed by atoms with Crippen LogP contribution < -0.4 is 0 Å². The van der Waals surface area contributed by atoms with Gasteiger partial charge in [-0.3, -0.25) is 0 Å². The zero-order valence-corrected chi connectivity index (χ0v) is 10.4. The fourth-order valence-electron chi connectivity index (χ4n) is 2.74. The number of hydrogen-bond acceptors (Lipinski definition) is 1. The fourth-order valence-corrected chi connectivity index (χ4v) is 2.74. The van der Waals surface area contributed by atoms with Crippen molar-refractivity contribution in [1.82, 2.24) is 4.90 Å². The molecule has 0 amide bonds. The number of rotatable bonds is 1. The predicted molar refractivity (Wildman–Crippen MR) is 65.3 cm³/mol. The molecule has 1 nitrogen and oxygen atoms in total. The highest BCUT2D eigenvalue weighted by molar-refractivity contribution is 5.35. The first-order valence-corrected chi connectivity index (χ1v) is 6.03. The summed E-state index contributed by atoms with van der Waals surface area (Å²) in [5.41, 5.74) is 3.09. The van der Waals surface area contributed by atoms with E-state index in [-0.39, 0.29) is 5.82 Å². The van der Waals surface area contributed by atoms with E-state index in [0.717, 1.165) is 42.6 Å². The molecule has 1 saturated heterocycles. The van der Waals surface area contributed by atoms with Gasteiger partial charge in [0.2, 0.25) is 0 Å². The first-order chi connectivity index (χ1) is 7.58. The van der Waals surface area contributed by atoms with Crippen molar-refractivity contribution in [3.63, 3.8) is 0 Å². The Labute approximate surface area is 97.3 Å². The SMILES string of the molecule is Cc1cc(C)c(C2CCN(C)CC2)c(F)c1. The lowest BCUT2D eigenvalue weighted by atomic mass is 9.86. The third-order valence-electron chi connectivity index (χ3n) is 3.61. The molecule has 0 aromatic heterocycles. The molecule has 0 saturated carbocycles. The Bertz CT molecular complexity index is 355. The van der Waals surface area contributed by atoms with Gasteiger partial charge in [-0.2, -0.15) is 0 Å². The summed E-state index contributed by atoms with van der Waals surface area (Å²) in [6.45, 7) is 6.15. The molecule has 0 spiro atoms. The summed E-state index contributed by atoms with van der Waals surface area (Å²) in [6, 6.07) is 3.76. The van der Waals surface area contributed by atoms with Crippen LogP contribution in [0.4, 0.5) is 4.39 Å². The third kappa shape index (κ3) is 2.27. The summed E-state index contributed by atoms with van der Waals surface area (Å²) in [5.74, 6) is 0.406. The number of halogens is 1. The monoisotopic (exact) mass is 221 g/mol. The Hall–Kier alpha value is -0.890. The first kappa shape index (κ1) is 11.6. The van der Waals surface area contributed by atoms with Gasteiger partial charge in [-0.15, -0.1) is 0 Å². The van der Waals surface area contributed by atoms with Crippen molar-refractivity contribution in [2.75, 3.05) is 20.1 Å². The predicted octanol–water partition coefficient (Wildman–Crippen LogP) is 3.25. The van der Waals surface area contributed by atoms with Gasteiger partial charge in [0.1, 0.15) is 5.82 Å². The largest absolute Gasteiger partial charge is 0.306 e. The maximum atomic E-state index is 14.0. The molecule has 2 heteroatoms. The summed E-state index contributed by atoms with van der Waals surface area (Å²) in [5, 5.41) is 0. The Morgan fingerprint density at radius 1 is 1.19 bits per heavy atom. The van der Waals surface area contributed by atoms with Crippen LogP contribution in [0.25, 0.3) is 0 Å². The minimum absolute atomic E-state index is 0.00736. The summed E-state index contributed by atoms with van der Waals surface area (Å²) in [6.07, 6.45) is 2.16. The molecule has 0 atom stereocenters. The Balaban J connectivity index is 2.26. The summed E-state index contributed by atoms with van der Waals surface area (Å²) < 4.78 is 14.0. The lowest BCUT2D eigenvalue weighted by Crippen LogP contribution is -2.29. The molecule has 1 aromatic rings. The third-order valence-corrected chi connectivity index (χ3v) is 3.61. The molecule has 1 aliphatic heterocycles. The second-order valence-electron chi connectivity index (χ2n) is 5.05. The minimum Gasteiger partial charge on any atom is -0.306 e. The van der Waals surface area contributed by atoms with Crippen molar-refractivity contribution >= 4 is 0 Å². The molecular formula is C14H20FN. The van der Waals surface area contributed by atoms with Gasteiger partial charge in [0, 0.05) is 0 Å². The normalized spacial score (nSPS) is 19.0. The molecule has 0 N–H and O–H groups in total. The summed E-state index contributed by atoms with van der Waals surface area (Å²) in [4.78, 5) is 2.32. The standard InChI is InChI=1S/C14H20FN/c1-10-8-11(2)14(13(15)9-10)12-4-6-16(3)7-5-12/h8-9,12H,4-7H2,1-3H3. The molecule has 0 radical (unpaired) electrons. The second kappa shape index (κ2) is 4.54. The van der Waals surface area contributed by atoms with E-state index in [0.29, 0.717) is 5.92 Å². The van der Waals surface area contributed by atoms with E-state index < -0.39 is 0 Å². The molecule has 1 aliphatic rings. The van der Waals surface area contributed by atoms with Crippen molar-refractivity contribution in [3.05, 3.63) is 34.6 Å². The van der Waals surface area contributed by atoms with E-state index in [1.165, 1.54) is 0 Å². The van der Waals surface area contributed by atoms with E-state index in [1.807, 2.05) is 13.8 Å². The van der Waals surface area contributed by atoms with Crippen LogP contribution in [-0.4, -0.2) is 25.0 Å². The smallest absolute Gasteiger partial charge is 0.127 e. The number of benzene rings is 1. The van der Waals surface area contributed by atoms with Crippen LogP contribution in [0.1, 0.15) is 35.4 Å². The zero-order chi connectivity index (χ0) is 11.7. The molecule has 88 valence electrons. The van der Waals surface area contributed by atoms with Crippen molar-refractivity contribution in [3.8, 4) is 0 Å². The highest BCUT2D eigenvalue weighted by Gasteiger charge is 2.22. The van der Waals surface area contributed by atoms with E-state index in [1.54, 1.807) is 6.07 Å². The number of likely N-dealkylation sites (tertiary alicyclic amines) is 1. The van der Waals surface area contributed by atoms with Crippen molar-refractivity contribution in [1.29, 1.82) is 0 Å². The topological polar surface area (TPSA) is 3.24 Å². The minimum atomic E-state index is -0.00736. The van der Waals surface area contributed by atoms with Crippen LogP contribution in [0.3, 0.4) is 0 Å². The van der Waals surface area contributed by atoms with E-state index in [4.69, 9.17) is 0 Å². The summed E-state index contributed by atoms with van der Waals surface area (Å²) in [7, 11) is 2.13. The molecule has 1 aromatic carbocycles. The average Bonchev–Trinajstić information content (AvgIpc) is 2.19. The van der Waals surface area contributed by atoms with Crippen LogP contribution >= 0.6 is 0 Å². The fraction of sp³-hybridized carbons (Fsp3) is 0.571. The van der Waals surface area contributed by atoms with Gasteiger partial charge in [-0.1, -0.05) is 6.07 Å². The molecule has 0 bridgehead atoms. The first-order valence-electron chi connectivity index (χ1n) is 6.03. The number of nitrogens with zero attached hydrogens (tertiary/aromatic N) is 1. The van der Waals surface area contributed by atoms with E-state index >= 15 is 0 Å². The lowest BCUT2D eigenvalue weighted by molar-refractivity contribution is 0.252. The van der Waals surface area contributed by atoms with Gasteiger partial charge in [0.05, 0.1) is 0 Å². The Kier molecular flexibility index (Phi) is 3.29. The van der Waals surface area contributed by atoms with Gasteiger partial charge >= 0.3 is 0 Å². The van der Waals surface area contributed by atoms with Crippen LogP contribution in [-0.2, 0) is 0 Å². The maximum absolute atomic E-state index is 14.0. The molecular weight excluding hydrogens is 201 g/mol. The highest BCUT2D eigenvalue weighted by atomic mass is 19.1. The van der Waals surface area contributed by atoms with Gasteiger partial charge in [-0.25, -0.2) is 4.39 Å². The van der Waals surface area contributed by atoms with Crippen molar-refractivity contribution in [2.45, 2.75) is 32.6 Å². The van der Waals surface area contributed by atoms with Gasteiger partial charge in [-0.05, 0) is 75.5 Å². The number of piperidine rings is 1. The van der Waals surface area contributed by atoms with Crippen LogP contribution in [0.2, 0.25) is 0 Å². The maximum Gasteiger partial charge on any atom is 0.127 e. The van der Waals surface area contributed by atoms with Crippen molar-refractivity contribution in [2.24, 2.45) is 0 Å². The molecule has 0 aliphatic carbocycles. The van der Waals surface area contributed by atoms with E-state index in [9.17, 15) is 4.39 Å². The Morgan fingerprint density at radius 3 is 2.38 bits per heavy atom. The number of aryl methyl sites for hydroxylation is 2. The molecule has 1 fully saturated rings. The quantitative estimate of drug-likeness (QED) is 0.703. The lowest BCUT2D eigenvalue weighted by Gasteiger charge is -2.30. The van der Waals surface area contributed by atoms with Crippen molar-refractivity contribution < 1.29 is 4.39 Å². The highest BCUT2D eigenvalue weighted by Crippen LogP contribution is 2.32. The summed E-state index contributed by atoms with van der Waals surface area (Å²) >= 11 is 0. The molecule has 0 unspecified atom stereocenters. The number of hydrogen-bond donors (Lipinski definition) is 0. The van der Waals surface area contributed by atoms with Gasteiger partial charge < -0.3 is 4.90 Å². The average molecular weight is 221 g/mol. The van der Waals surface area contributed by atoms with Gasteiger partial charge in [0.15, 0.2) is 0 Å². The molecule has 2 rings (SSSR count).